The maximum Gasteiger partial charge on any atom is 0.130 e. The predicted octanol–water partition coefficient (Wildman–Crippen LogP) is 6.15. The van der Waals surface area contributed by atoms with E-state index in [4.69, 9.17) is 0 Å². The molecule has 27 heavy (non-hydrogen) atoms. The lowest BCUT2D eigenvalue weighted by molar-refractivity contribution is 0.500. The normalized spacial score (nSPS) is 11.9. The minimum atomic E-state index is -0.0411. The van der Waals surface area contributed by atoms with Crippen molar-refractivity contribution in [3.05, 3.63) is 125 Å². The average molecular weight is 356 g/mol. The molecule has 134 valence electrons. The van der Waals surface area contributed by atoms with E-state index < -0.39 is 0 Å². The highest BCUT2D eigenvalue weighted by molar-refractivity contribution is 5.76. The summed E-state index contributed by atoms with van der Waals surface area (Å²) in [6.07, 6.45) is 2.88. The monoisotopic (exact) mass is 356 g/mol. The highest BCUT2D eigenvalue weighted by Gasteiger charge is 2.09. The van der Waals surface area contributed by atoms with Gasteiger partial charge in [0.1, 0.15) is 17.3 Å². The summed E-state index contributed by atoms with van der Waals surface area (Å²) in [5, 5.41) is 31.7. The molecule has 0 unspecified atom stereocenters. The second-order valence-electron chi connectivity index (χ2n) is 5.96. The molecule has 3 aromatic carbocycles. The van der Waals surface area contributed by atoms with Crippen LogP contribution in [0.5, 0.6) is 0 Å². The van der Waals surface area contributed by atoms with Crippen LogP contribution in [0.4, 0.5) is 0 Å². The first kappa shape index (κ1) is 18.1. The summed E-state index contributed by atoms with van der Waals surface area (Å²) in [5.74, 6) is -0.0593. The number of hydrogen-bond acceptors (Lipinski definition) is 3. The van der Waals surface area contributed by atoms with Crippen LogP contribution in [0.15, 0.2) is 109 Å². The van der Waals surface area contributed by atoms with Gasteiger partial charge in [-0.1, -0.05) is 91.0 Å². The van der Waals surface area contributed by atoms with E-state index in [-0.39, 0.29) is 17.3 Å². The SMILES string of the molecule is OC(=CC(C=C(O)c1ccccc1)=C(O)c1ccccc1)c1ccccc1. The summed E-state index contributed by atoms with van der Waals surface area (Å²) in [6.45, 7) is 0. The van der Waals surface area contributed by atoms with Crippen LogP contribution >= 0.6 is 0 Å². The van der Waals surface area contributed by atoms with Gasteiger partial charge in [0, 0.05) is 22.3 Å². The molecule has 3 aromatic rings. The summed E-state index contributed by atoms with van der Waals surface area (Å²) in [6, 6.07) is 27.0. The third-order valence-electron chi connectivity index (χ3n) is 4.04. The first-order valence-corrected chi connectivity index (χ1v) is 8.56. The molecule has 3 nitrogen and oxygen atoms in total. The third kappa shape index (κ3) is 4.67. The molecule has 3 rings (SSSR count). The Labute approximate surface area is 158 Å². The molecule has 0 bridgehead atoms. The third-order valence-corrected chi connectivity index (χ3v) is 4.04. The number of allylic oxidation sites excluding steroid dienone is 3. The van der Waals surface area contributed by atoms with Crippen LogP contribution in [-0.2, 0) is 0 Å². The summed E-state index contributed by atoms with van der Waals surface area (Å²) in [7, 11) is 0. The summed E-state index contributed by atoms with van der Waals surface area (Å²) < 4.78 is 0. The zero-order chi connectivity index (χ0) is 19.1. The van der Waals surface area contributed by atoms with E-state index in [1.165, 1.54) is 12.2 Å². The lowest BCUT2D eigenvalue weighted by atomic mass is 10.0. The zero-order valence-electron chi connectivity index (χ0n) is 14.7. The molecule has 0 amide bonds. The van der Waals surface area contributed by atoms with Crippen LogP contribution in [0, 0.1) is 0 Å². The van der Waals surface area contributed by atoms with Gasteiger partial charge in [-0.2, -0.15) is 0 Å². The number of aliphatic hydroxyl groups is 3. The predicted molar refractivity (Wildman–Crippen MR) is 110 cm³/mol. The van der Waals surface area contributed by atoms with Gasteiger partial charge in [-0.15, -0.1) is 0 Å². The van der Waals surface area contributed by atoms with E-state index in [2.05, 4.69) is 0 Å². The molecule has 0 saturated carbocycles. The molecule has 0 aliphatic rings. The second kappa shape index (κ2) is 8.59. The van der Waals surface area contributed by atoms with Crippen LogP contribution in [-0.4, -0.2) is 15.3 Å². The van der Waals surface area contributed by atoms with Crippen molar-refractivity contribution in [2.75, 3.05) is 0 Å². The lowest BCUT2D eigenvalue weighted by Gasteiger charge is -2.07. The largest absolute Gasteiger partial charge is 0.507 e. The Morgan fingerprint density at radius 1 is 0.481 bits per heavy atom. The molecule has 0 atom stereocenters. The molecule has 0 aromatic heterocycles. The van der Waals surface area contributed by atoms with E-state index in [1.54, 1.807) is 36.4 Å². The highest BCUT2D eigenvalue weighted by atomic mass is 16.3. The molecule has 0 radical (unpaired) electrons. The van der Waals surface area contributed by atoms with E-state index in [0.29, 0.717) is 22.3 Å². The lowest BCUT2D eigenvalue weighted by Crippen LogP contribution is -1.92. The first-order chi connectivity index (χ1) is 13.1. The van der Waals surface area contributed by atoms with Gasteiger partial charge in [0.25, 0.3) is 0 Å². The average Bonchev–Trinajstić information content (AvgIpc) is 2.74. The van der Waals surface area contributed by atoms with Gasteiger partial charge >= 0.3 is 0 Å². The van der Waals surface area contributed by atoms with E-state index in [0.717, 1.165) is 0 Å². The number of hydrogen-bond donors (Lipinski definition) is 3. The smallest absolute Gasteiger partial charge is 0.130 e. The van der Waals surface area contributed by atoms with Crippen molar-refractivity contribution in [2.45, 2.75) is 0 Å². The van der Waals surface area contributed by atoms with Gasteiger partial charge < -0.3 is 15.3 Å². The van der Waals surface area contributed by atoms with Crippen molar-refractivity contribution in [1.29, 1.82) is 0 Å². The van der Waals surface area contributed by atoms with E-state index in [9.17, 15) is 15.3 Å². The van der Waals surface area contributed by atoms with Gasteiger partial charge in [0.15, 0.2) is 0 Å². The Morgan fingerprint density at radius 2 is 0.815 bits per heavy atom. The summed E-state index contributed by atoms with van der Waals surface area (Å²) in [5.41, 5.74) is 2.11. The molecule has 0 aliphatic carbocycles. The van der Waals surface area contributed by atoms with Crippen molar-refractivity contribution in [2.24, 2.45) is 0 Å². The van der Waals surface area contributed by atoms with Crippen LogP contribution in [0.2, 0.25) is 0 Å². The maximum absolute atomic E-state index is 10.7. The fraction of sp³-hybridized carbons (Fsp3) is 0. The Kier molecular flexibility index (Phi) is 5.75. The topological polar surface area (TPSA) is 60.7 Å². The molecule has 3 N–H and O–H groups in total. The number of aliphatic hydroxyl groups excluding tert-OH is 3. The minimum Gasteiger partial charge on any atom is -0.507 e. The van der Waals surface area contributed by atoms with Gasteiger partial charge in [-0.25, -0.2) is 0 Å². The van der Waals surface area contributed by atoms with Crippen molar-refractivity contribution < 1.29 is 15.3 Å². The van der Waals surface area contributed by atoms with Crippen molar-refractivity contribution in [1.82, 2.24) is 0 Å². The highest BCUT2D eigenvalue weighted by Crippen LogP contribution is 2.24. The van der Waals surface area contributed by atoms with E-state index >= 15 is 0 Å². The molecule has 0 spiro atoms. The molecular weight excluding hydrogens is 336 g/mol. The van der Waals surface area contributed by atoms with Gasteiger partial charge in [-0.3, -0.25) is 0 Å². The maximum atomic E-state index is 10.7. The Morgan fingerprint density at radius 3 is 1.19 bits per heavy atom. The second-order valence-corrected chi connectivity index (χ2v) is 5.96. The molecular formula is C24H20O3. The van der Waals surface area contributed by atoms with Crippen molar-refractivity contribution >= 4 is 17.3 Å². The quantitative estimate of drug-likeness (QED) is 0.379. The zero-order valence-corrected chi connectivity index (χ0v) is 14.7. The Hall–Kier alpha value is -3.72. The van der Waals surface area contributed by atoms with Crippen LogP contribution in [0.25, 0.3) is 17.3 Å². The number of benzene rings is 3. The molecule has 0 saturated heterocycles. The Bertz CT molecular complexity index is 912. The van der Waals surface area contributed by atoms with Crippen LogP contribution in [0.3, 0.4) is 0 Å². The van der Waals surface area contributed by atoms with Crippen molar-refractivity contribution in [3.63, 3.8) is 0 Å². The Balaban J connectivity index is 2.10. The van der Waals surface area contributed by atoms with Gasteiger partial charge in [0.2, 0.25) is 0 Å². The molecule has 0 fully saturated rings. The fourth-order valence-corrected chi connectivity index (χ4v) is 2.62. The first-order valence-electron chi connectivity index (χ1n) is 8.56. The molecule has 3 heteroatoms. The summed E-state index contributed by atoms with van der Waals surface area (Å²) >= 11 is 0. The van der Waals surface area contributed by atoms with Gasteiger partial charge in [-0.05, 0) is 12.2 Å². The molecule has 0 aliphatic heterocycles. The van der Waals surface area contributed by atoms with Crippen LogP contribution < -0.4 is 0 Å². The number of rotatable bonds is 5. The van der Waals surface area contributed by atoms with Gasteiger partial charge in [0.05, 0.1) is 0 Å². The fourth-order valence-electron chi connectivity index (χ4n) is 2.62. The summed E-state index contributed by atoms with van der Waals surface area (Å²) in [4.78, 5) is 0. The molecule has 0 heterocycles. The minimum absolute atomic E-state index is 0.00908. The van der Waals surface area contributed by atoms with E-state index in [1.807, 2.05) is 54.6 Å². The van der Waals surface area contributed by atoms with Crippen molar-refractivity contribution in [3.8, 4) is 0 Å². The van der Waals surface area contributed by atoms with Crippen LogP contribution in [0.1, 0.15) is 16.7 Å². The standard InChI is InChI=1S/C24H20O3/c25-22(18-10-4-1-5-11-18)16-21(24(27)20-14-8-3-9-15-20)17-23(26)19-12-6-2-7-13-19/h1-17,25-27H.